The van der Waals surface area contributed by atoms with E-state index in [1.807, 2.05) is 27.2 Å². The zero-order valence-corrected chi connectivity index (χ0v) is 28.4. The van der Waals surface area contributed by atoms with Crippen molar-refractivity contribution >= 4 is 16.1 Å². The number of phosphoric ester groups is 1. The number of quaternary nitrogens is 1. The second-order valence-corrected chi connectivity index (χ2v) is 19.6. The molecule has 3 N–H and O–H groups in total. The summed E-state index contributed by atoms with van der Waals surface area (Å²) in [5.74, 6) is 0. The Morgan fingerprint density at radius 1 is 0.921 bits per heavy atom. The van der Waals surface area contributed by atoms with Gasteiger partial charge in [-0.1, -0.05) is 104 Å². The third kappa shape index (κ3) is 19.9. The van der Waals surface area contributed by atoms with Crippen LogP contribution >= 0.6 is 7.82 Å². The van der Waals surface area contributed by atoms with Crippen molar-refractivity contribution in [2.75, 3.05) is 40.9 Å². The van der Waals surface area contributed by atoms with Crippen LogP contribution in [0.4, 0.5) is 0 Å². The van der Waals surface area contributed by atoms with Crippen molar-refractivity contribution in [3.05, 3.63) is 12.2 Å². The average molecular weight is 580 g/mol. The topological polar surface area (TPSA) is 91.0 Å². The lowest BCUT2D eigenvalue weighted by molar-refractivity contribution is -0.870. The normalized spacial score (nSPS) is 16.6. The van der Waals surface area contributed by atoms with Crippen LogP contribution in [0, 0.1) is 0 Å². The van der Waals surface area contributed by atoms with Crippen LogP contribution in [0.25, 0.3) is 0 Å². The van der Waals surface area contributed by atoms with Crippen molar-refractivity contribution < 1.29 is 27.4 Å². The summed E-state index contributed by atoms with van der Waals surface area (Å²) in [7, 11) is -0.296. The van der Waals surface area contributed by atoms with Crippen molar-refractivity contribution in [1.29, 1.82) is 0 Å². The molecule has 0 radical (unpaired) electrons. The van der Waals surface area contributed by atoms with Crippen LogP contribution in [0.1, 0.15) is 105 Å². The van der Waals surface area contributed by atoms with Gasteiger partial charge < -0.3 is 19.5 Å². The number of phosphoric acid groups is 1. The van der Waals surface area contributed by atoms with Crippen molar-refractivity contribution in [3.8, 4) is 0 Å². The summed E-state index contributed by atoms with van der Waals surface area (Å²) < 4.78 is 30.0. The molecule has 0 saturated heterocycles. The fraction of sp³-hybridized carbons (Fsp3) is 0.931. The molecule has 0 spiro atoms. The Labute approximate surface area is 237 Å². The molecule has 0 heterocycles. The summed E-state index contributed by atoms with van der Waals surface area (Å²) in [6.07, 6.45) is 19.4. The lowest BCUT2D eigenvalue weighted by Gasteiger charge is -2.40. The first-order chi connectivity index (χ1) is 17.5. The van der Waals surface area contributed by atoms with Crippen LogP contribution < -0.4 is 5.73 Å². The molecule has 3 unspecified atom stereocenters. The molecule has 0 rings (SSSR count). The van der Waals surface area contributed by atoms with Gasteiger partial charge in [-0.2, -0.15) is 0 Å². The number of hydrogen-bond acceptors (Lipinski definition) is 5. The van der Waals surface area contributed by atoms with Crippen LogP contribution in [-0.2, 0) is 18.0 Å². The van der Waals surface area contributed by atoms with Gasteiger partial charge in [0, 0.05) is 0 Å². The van der Waals surface area contributed by atoms with Crippen LogP contribution in [-0.4, -0.2) is 70.7 Å². The molecule has 0 bridgehead atoms. The average Bonchev–Trinajstić information content (AvgIpc) is 2.78. The van der Waals surface area contributed by atoms with E-state index in [1.165, 1.54) is 64.2 Å². The highest BCUT2D eigenvalue weighted by Crippen LogP contribution is 2.43. The number of nitrogens with two attached hydrogens (primary N) is 1. The molecule has 0 aromatic heterocycles. The Kier molecular flexibility index (Phi) is 19.1. The first-order valence-corrected chi connectivity index (χ1v) is 19.4. The van der Waals surface area contributed by atoms with Crippen LogP contribution in [0.5, 0.6) is 0 Å². The highest BCUT2D eigenvalue weighted by Gasteiger charge is 2.40. The van der Waals surface area contributed by atoms with Crippen LogP contribution in [0.3, 0.4) is 0 Å². The molecule has 0 aliphatic rings. The van der Waals surface area contributed by atoms with Gasteiger partial charge in [0.05, 0.1) is 39.9 Å². The van der Waals surface area contributed by atoms with Crippen molar-refractivity contribution in [1.82, 2.24) is 0 Å². The Balaban J connectivity index is 4.67. The zero-order valence-electron chi connectivity index (χ0n) is 26.5. The van der Waals surface area contributed by atoms with Crippen LogP contribution in [0.2, 0.25) is 18.1 Å². The van der Waals surface area contributed by atoms with E-state index in [2.05, 4.69) is 46.9 Å². The molecule has 0 aromatic carbocycles. The molecule has 7 nitrogen and oxygen atoms in total. The van der Waals surface area contributed by atoms with Gasteiger partial charge in [-0.3, -0.25) is 9.05 Å². The number of unbranched alkanes of at least 4 members (excludes halogenated alkanes) is 11. The molecule has 9 heteroatoms. The maximum Gasteiger partial charge on any atom is 0.472 e. The summed E-state index contributed by atoms with van der Waals surface area (Å²) in [6, 6.07) is -0.569. The predicted molar refractivity (Wildman–Crippen MR) is 165 cm³/mol. The summed E-state index contributed by atoms with van der Waals surface area (Å²) in [5, 5.41) is 0.0241. The molecule has 3 atom stereocenters. The summed E-state index contributed by atoms with van der Waals surface area (Å²) in [6.45, 7) is 13.8. The lowest BCUT2D eigenvalue weighted by Crippen LogP contribution is -2.49. The zero-order chi connectivity index (χ0) is 29.3. The minimum atomic E-state index is -4.17. The van der Waals surface area contributed by atoms with Gasteiger partial charge in [0.15, 0.2) is 8.32 Å². The minimum absolute atomic E-state index is 0.0241. The second kappa shape index (κ2) is 19.1. The first-order valence-electron chi connectivity index (χ1n) is 15.0. The SMILES string of the molecule is CCCCCCCCCCCCC/C=C/C(O[Si](C)(C)C(C)(C)C)C(N)COP(=O)(O)OCC[N+](C)(C)C. The quantitative estimate of drug-likeness (QED) is 0.0422. The highest BCUT2D eigenvalue weighted by molar-refractivity contribution is 7.47. The Morgan fingerprint density at radius 2 is 1.42 bits per heavy atom. The summed E-state index contributed by atoms with van der Waals surface area (Å²) in [4.78, 5) is 10.1. The number of hydrogen-bond donors (Lipinski definition) is 2. The molecular weight excluding hydrogens is 515 g/mol. The van der Waals surface area contributed by atoms with Gasteiger partial charge in [-0.15, -0.1) is 0 Å². The van der Waals surface area contributed by atoms with E-state index in [0.717, 1.165) is 12.8 Å². The maximum atomic E-state index is 12.4. The first kappa shape index (κ1) is 37.9. The standard InChI is InChI=1S/C29H63N2O5PSi/c1-10-11-12-13-14-15-16-17-18-19-20-21-22-23-28(36-38(8,9)29(2,3)4)27(30)26-35-37(32,33)34-25-24-31(5,6)7/h22-23,27-28H,10-21,24-26,30H2,1-9H3/p+1/b23-22+. The molecule has 38 heavy (non-hydrogen) atoms. The number of allylic oxidation sites excluding steroid dienone is 1. The van der Waals surface area contributed by atoms with E-state index in [0.29, 0.717) is 11.0 Å². The number of rotatable bonds is 23. The molecule has 0 aliphatic carbocycles. The third-order valence-corrected chi connectivity index (χ3v) is 12.9. The fourth-order valence-corrected chi connectivity index (χ4v) is 5.72. The van der Waals surface area contributed by atoms with E-state index < -0.39 is 22.2 Å². The minimum Gasteiger partial charge on any atom is -0.409 e. The van der Waals surface area contributed by atoms with Crippen molar-refractivity contribution in [2.24, 2.45) is 5.73 Å². The number of likely N-dealkylation sites (N-methyl/N-ethyl adjacent to an activating group) is 1. The third-order valence-electron chi connectivity index (χ3n) is 7.41. The lowest BCUT2D eigenvalue weighted by atomic mass is 10.0. The van der Waals surface area contributed by atoms with Crippen molar-refractivity contribution in [2.45, 2.75) is 135 Å². The molecular formula is C29H64N2O5PSi+. The molecule has 0 aliphatic heterocycles. The smallest absolute Gasteiger partial charge is 0.409 e. The van der Waals surface area contributed by atoms with E-state index in [4.69, 9.17) is 19.2 Å². The van der Waals surface area contributed by atoms with E-state index >= 15 is 0 Å². The molecule has 0 amide bonds. The monoisotopic (exact) mass is 579 g/mol. The van der Waals surface area contributed by atoms with Crippen molar-refractivity contribution in [3.63, 3.8) is 0 Å². The van der Waals surface area contributed by atoms with Gasteiger partial charge in [0.2, 0.25) is 0 Å². The van der Waals surface area contributed by atoms with Gasteiger partial charge in [-0.25, -0.2) is 4.57 Å². The summed E-state index contributed by atoms with van der Waals surface area (Å²) in [5.41, 5.74) is 6.45. The predicted octanol–water partition coefficient (Wildman–Crippen LogP) is 7.80. The molecule has 0 fully saturated rings. The Hall–Kier alpha value is -0.0531. The Morgan fingerprint density at radius 3 is 1.89 bits per heavy atom. The second-order valence-electron chi connectivity index (χ2n) is 13.4. The van der Waals surface area contributed by atoms with E-state index in [9.17, 15) is 9.46 Å². The van der Waals surface area contributed by atoms with Crippen LogP contribution in [0.15, 0.2) is 12.2 Å². The van der Waals surface area contributed by atoms with Gasteiger partial charge in [0.25, 0.3) is 0 Å². The fourth-order valence-electron chi connectivity index (χ4n) is 3.69. The summed E-state index contributed by atoms with van der Waals surface area (Å²) >= 11 is 0. The number of nitrogens with zero attached hydrogens (tertiary/aromatic N) is 1. The van der Waals surface area contributed by atoms with Gasteiger partial charge in [0.1, 0.15) is 13.2 Å². The van der Waals surface area contributed by atoms with E-state index in [-0.39, 0.29) is 24.4 Å². The van der Waals surface area contributed by atoms with E-state index in [1.54, 1.807) is 0 Å². The molecule has 228 valence electrons. The molecule has 0 saturated carbocycles. The van der Waals surface area contributed by atoms with Gasteiger partial charge in [-0.05, 0) is 31.0 Å². The Bertz CT molecular complexity index is 677. The van der Waals surface area contributed by atoms with Gasteiger partial charge >= 0.3 is 7.82 Å². The highest BCUT2D eigenvalue weighted by atomic mass is 31.2. The maximum absolute atomic E-state index is 12.4. The largest absolute Gasteiger partial charge is 0.472 e. The molecule has 0 aromatic rings.